The second-order valence-corrected chi connectivity index (χ2v) is 8.31. The van der Waals surface area contributed by atoms with E-state index in [0.29, 0.717) is 53.1 Å². The number of halogens is 1. The van der Waals surface area contributed by atoms with E-state index in [-0.39, 0.29) is 5.56 Å². The van der Waals surface area contributed by atoms with Crippen molar-refractivity contribution in [2.45, 2.75) is 32.2 Å². The molecule has 0 bridgehead atoms. The molecule has 2 aliphatic rings. The lowest BCUT2D eigenvalue weighted by Crippen LogP contribution is -2.16. The first kappa shape index (κ1) is 19.6. The second-order valence-electron chi connectivity index (χ2n) is 8.31. The summed E-state index contributed by atoms with van der Waals surface area (Å²) in [4.78, 5) is 17.6. The summed E-state index contributed by atoms with van der Waals surface area (Å²) in [5.74, 6) is 0.342. The Morgan fingerprint density at radius 1 is 1.27 bits per heavy atom. The van der Waals surface area contributed by atoms with E-state index in [0.717, 1.165) is 18.5 Å². The maximum Gasteiger partial charge on any atom is 0.258 e. The van der Waals surface area contributed by atoms with Gasteiger partial charge in [-0.2, -0.15) is 0 Å². The number of hydrogen-bond donors (Lipinski definition) is 1. The summed E-state index contributed by atoms with van der Waals surface area (Å²) in [5, 5.41) is 14.5. The standard InChI is InChI=1S/C23H20FN7O2/c1-13-9-17(24)16(10-20(13)30-11-19(25-12-30)14-5-6-14)23(32)26-18-4-2-3-15-21(18)33-8-7-31-22(15)27-28-29-31/h2-4,9-12,14H,5-8H2,1H3,(H,26,32). The van der Waals surface area contributed by atoms with E-state index in [1.54, 1.807) is 29.2 Å². The van der Waals surface area contributed by atoms with Crippen LogP contribution < -0.4 is 10.1 Å². The zero-order chi connectivity index (χ0) is 22.5. The maximum atomic E-state index is 14.9. The topological polar surface area (TPSA) is 99.7 Å². The van der Waals surface area contributed by atoms with Gasteiger partial charge in [0.25, 0.3) is 5.91 Å². The number of anilines is 1. The molecular formula is C23H20FN7O2. The number of aryl methyl sites for hydroxylation is 1. The van der Waals surface area contributed by atoms with Crippen molar-refractivity contribution in [3.8, 4) is 22.8 Å². The van der Waals surface area contributed by atoms with Crippen molar-refractivity contribution in [2.75, 3.05) is 11.9 Å². The van der Waals surface area contributed by atoms with E-state index in [1.807, 2.05) is 23.8 Å². The smallest absolute Gasteiger partial charge is 0.258 e. The highest BCUT2D eigenvalue weighted by Gasteiger charge is 2.27. The van der Waals surface area contributed by atoms with Crippen LogP contribution in [-0.4, -0.2) is 42.3 Å². The molecule has 10 heteroatoms. The number of tetrazole rings is 1. The largest absolute Gasteiger partial charge is 0.489 e. The van der Waals surface area contributed by atoms with Crippen molar-refractivity contribution < 1.29 is 13.9 Å². The van der Waals surface area contributed by atoms with Crippen LogP contribution in [0, 0.1) is 12.7 Å². The third-order valence-corrected chi connectivity index (χ3v) is 5.99. The Bertz CT molecular complexity index is 1390. The number of ether oxygens (including phenoxy) is 1. The Morgan fingerprint density at radius 2 is 2.15 bits per heavy atom. The number of imidazole rings is 1. The van der Waals surface area contributed by atoms with Gasteiger partial charge < -0.3 is 14.6 Å². The zero-order valence-electron chi connectivity index (χ0n) is 17.8. The van der Waals surface area contributed by atoms with E-state index in [4.69, 9.17) is 4.74 Å². The highest BCUT2D eigenvalue weighted by Crippen LogP contribution is 2.39. The molecule has 2 aromatic heterocycles. The highest BCUT2D eigenvalue weighted by molar-refractivity contribution is 6.06. The van der Waals surface area contributed by atoms with Crippen LogP contribution in [0.25, 0.3) is 17.1 Å². The lowest BCUT2D eigenvalue weighted by atomic mass is 10.1. The quantitative estimate of drug-likeness (QED) is 0.516. The summed E-state index contributed by atoms with van der Waals surface area (Å²) < 4.78 is 24.2. The number of para-hydroxylation sites is 1. The predicted octanol–water partition coefficient (Wildman–Crippen LogP) is 3.50. The lowest BCUT2D eigenvalue weighted by molar-refractivity contribution is 0.102. The summed E-state index contributed by atoms with van der Waals surface area (Å²) in [6, 6.07) is 8.23. The van der Waals surface area contributed by atoms with Crippen LogP contribution in [0.15, 0.2) is 42.9 Å². The van der Waals surface area contributed by atoms with Crippen molar-refractivity contribution in [1.29, 1.82) is 0 Å². The fourth-order valence-electron chi connectivity index (χ4n) is 4.11. The molecule has 0 atom stereocenters. The summed E-state index contributed by atoms with van der Waals surface area (Å²) >= 11 is 0. The van der Waals surface area contributed by atoms with E-state index >= 15 is 0 Å². The predicted molar refractivity (Wildman–Crippen MR) is 117 cm³/mol. The number of carbonyl (C=O) groups excluding carboxylic acids is 1. The molecule has 4 aromatic rings. The van der Waals surface area contributed by atoms with Gasteiger partial charge in [0, 0.05) is 12.1 Å². The van der Waals surface area contributed by atoms with Crippen molar-refractivity contribution in [3.63, 3.8) is 0 Å². The van der Waals surface area contributed by atoms with Crippen molar-refractivity contribution in [3.05, 3.63) is 65.5 Å². The van der Waals surface area contributed by atoms with E-state index in [1.165, 1.54) is 6.07 Å². The third kappa shape index (κ3) is 3.43. The summed E-state index contributed by atoms with van der Waals surface area (Å²) in [6.07, 6.45) is 5.95. The Labute approximate surface area is 188 Å². The van der Waals surface area contributed by atoms with Crippen molar-refractivity contribution >= 4 is 11.6 Å². The van der Waals surface area contributed by atoms with Gasteiger partial charge in [0.2, 0.25) is 0 Å². The number of carbonyl (C=O) groups is 1. The van der Waals surface area contributed by atoms with Gasteiger partial charge in [-0.25, -0.2) is 14.1 Å². The second kappa shape index (κ2) is 7.51. The molecule has 0 unspecified atom stereocenters. The Balaban J connectivity index is 1.34. The van der Waals surface area contributed by atoms with Gasteiger partial charge >= 0.3 is 0 Å². The minimum Gasteiger partial charge on any atom is -0.489 e. The fraction of sp³-hybridized carbons (Fsp3) is 0.261. The molecule has 1 aliphatic heterocycles. The molecule has 1 saturated carbocycles. The van der Waals surface area contributed by atoms with Crippen molar-refractivity contribution in [2.24, 2.45) is 0 Å². The zero-order valence-corrected chi connectivity index (χ0v) is 17.8. The molecule has 1 aliphatic carbocycles. The highest BCUT2D eigenvalue weighted by atomic mass is 19.1. The minimum absolute atomic E-state index is 0.0617. The number of nitrogens with one attached hydrogen (secondary N) is 1. The molecule has 0 saturated heterocycles. The average molecular weight is 445 g/mol. The van der Waals surface area contributed by atoms with Gasteiger partial charge in [-0.15, -0.1) is 5.10 Å². The fourth-order valence-corrected chi connectivity index (χ4v) is 4.11. The molecule has 0 spiro atoms. The number of rotatable bonds is 4. The minimum atomic E-state index is -0.594. The Morgan fingerprint density at radius 3 is 3.00 bits per heavy atom. The van der Waals surface area contributed by atoms with Gasteiger partial charge in [-0.3, -0.25) is 4.79 Å². The molecule has 166 valence electrons. The average Bonchev–Trinajstić information content (AvgIpc) is 3.41. The van der Waals surface area contributed by atoms with Crippen LogP contribution >= 0.6 is 0 Å². The first-order valence-electron chi connectivity index (χ1n) is 10.8. The van der Waals surface area contributed by atoms with Crippen LogP contribution in [0.2, 0.25) is 0 Å². The van der Waals surface area contributed by atoms with Crippen LogP contribution in [0.4, 0.5) is 10.1 Å². The molecule has 33 heavy (non-hydrogen) atoms. The van der Waals surface area contributed by atoms with Crippen LogP contribution in [0.5, 0.6) is 5.75 Å². The third-order valence-electron chi connectivity index (χ3n) is 5.99. The van der Waals surface area contributed by atoms with Crippen LogP contribution in [-0.2, 0) is 6.54 Å². The molecular weight excluding hydrogens is 425 g/mol. The van der Waals surface area contributed by atoms with Crippen LogP contribution in [0.3, 0.4) is 0 Å². The number of benzene rings is 2. The maximum absolute atomic E-state index is 14.9. The SMILES string of the molecule is Cc1cc(F)c(C(=O)Nc2cccc3c2OCCn2nnnc2-3)cc1-n1cnc(C2CC2)c1. The monoisotopic (exact) mass is 445 g/mol. The Kier molecular flexibility index (Phi) is 4.46. The summed E-state index contributed by atoms with van der Waals surface area (Å²) in [5.41, 5.74) is 3.47. The molecule has 1 N–H and O–H groups in total. The summed E-state index contributed by atoms with van der Waals surface area (Å²) in [6.45, 7) is 2.63. The van der Waals surface area contributed by atoms with E-state index < -0.39 is 11.7 Å². The first-order valence-corrected chi connectivity index (χ1v) is 10.8. The van der Waals surface area contributed by atoms with Gasteiger partial charge in [0.15, 0.2) is 11.6 Å². The van der Waals surface area contributed by atoms with Gasteiger partial charge in [-0.05, 0) is 60.0 Å². The molecule has 2 aromatic carbocycles. The number of amides is 1. The molecule has 1 amide bonds. The molecule has 1 fully saturated rings. The lowest BCUT2D eigenvalue weighted by Gasteiger charge is -2.15. The van der Waals surface area contributed by atoms with Crippen molar-refractivity contribution in [1.82, 2.24) is 29.8 Å². The van der Waals surface area contributed by atoms with Gasteiger partial charge in [-0.1, -0.05) is 6.07 Å². The molecule has 0 radical (unpaired) electrons. The summed E-state index contributed by atoms with van der Waals surface area (Å²) in [7, 11) is 0. The first-order chi connectivity index (χ1) is 16.1. The molecule has 6 rings (SSSR count). The number of aromatic nitrogens is 6. The normalized spacial score (nSPS) is 14.7. The molecule has 3 heterocycles. The van der Waals surface area contributed by atoms with Crippen LogP contribution in [0.1, 0.15) is 40.4 Å². The number of fused-ring (bicyclic) bond motifs is 3. The number of nitrogens with zero attached hydrogens (tertiary/aromatic N) is 6. The van der Waals surface area contributed by atoms with Gasteiger partial charge in [0.05, 0.1) is 41.1 Å². The van der Waals surface area contributed by atoms with E-state index in [9.17, 15) is 9.18 Å². The molecule has 9 nitrogen and oxygen atoms in total. The van der Waals surface area contributed by atoms with E-state index in [2.05, 4.69) is 25.8 Å². The Hall–Kier alpha value is -4.08. The van der Waals surface area contributed by atoms with Gasteiger partial charge in [0.1, 0.15) is 12.4 Å². The number of hydrogen-bond acceptors (Lipinski definition) is 6.